The number of pyridine rings is 1. The van der Waals surface area contributed by atoms with E-state index in [1.165, 1.54) is 18.2 Å². The van der Waals surface area contributed by atoms with Gasteiger partial charge in [-0.15, -0.1) is 0 Å². The van der Waals surface area contributed by atoms with Crippen molar-refractivity contribution in [1.82, 2.24) is 9.55 Å². The Labute approximate surface area is 177 Å². The Morgan fingerprint density at radius 3 is 2.52 bits per heavy atom. The van der Waals surface area contributed by atoms with Crippen molar-refractivity contribution in [2.75, 3.05) is 5.32 Å². The summed E-state index contributed by atoms with van der Waals surface area (Å²) in [6.45, 7) is 5.64. The molecule has 0 unspecified atom stereocenters. The Morgan fingerprint density at radius 2 is 1.90 bits per heavy atom. The first kappa shape index (κ1) is 21.8. The number of hydrogen-bond donors (Lipinski definition) is 1. The van der Waals surface area contributed by atoms with E-state index in [1.807, 2.05) is 49.6 Å². The average molecular weight is 424 g/mol. The molecule has 5 nitrogen and oxygen atoms in total. The van der Waals surface area contributed by atoms with Crippen molar-refractivity contribution in [1.29, 1.82) is 5.26 Å². The zero-order valence-electron chi connectivity index (χ0n) is 17.1. The molecule has 3 rings (SSSR count). The van der Waals surface area contributed by atoms with Gasteiger partial charge in [-0.2, -0.15) is 18.4 Å². The molecule has 0 radical (unpaired) electrons. The van der Waals surface area contributed by atoms with Gasteiger partial charge in [-0.05, 0) is 68.3 Å². The lowest BCUT2D eigenvalue weighted by molar-refractivity contribution is -0.137. The van der Waals surface area contributed by atoms with Gasteiger partial charge in [0.2, 0.25) is 0 Å². The Morgan fingerprint density at radius 1 is 1.16 bits per heavy atom. The molecule has 3 aromatic rings. The number of carbonyl (C=O) groups excluding carboxylic acids is 1. The molecule has 0 aliphatic carbocycles. The second-order valence-corrected chi connectivity index (χ2v) is 7.06. The molecule has 31 heavy (non-hydrogen) atoms. The lowest BCUT2D eigenvalue weighted by Gasteiger charge is -2.10. The fourth-order valence-corrected chi connectivity index (χ4v) is 3.15. The maximum Gasteiger partial charge on any atom is 0.416 e. The van der Waals surface area contributed by atoms with E-state index in [1.54, 1.807) is 6.20 Å². The minimum absolute atomic E-state index is 0.0460. The Hall–Kier alpha value is -3.86. The van der Waals surface area contributed by atoms with E-state index < -0.39 is 17.6 Å². The molecule has 2 aromatic heterocycles. The first-order valence-corrected chi connectivity index (χ1v) is 9.32. The maximum absolute atomic E-state index is 12.9. The van der Waals surface area contributed by atoms with Crippen molar-refractivity contribution >= 4 is 17.7 Å². The van der Waals surface area contributed by atoms with E-state index in [-0.39, 0.29) is 11.3 Å². The zero-order valence-corrected chi connectivity index (χ0v) is 17.1. The van der Waals surface area contributed by atoms with E-state index in [0.29, 0.717) is 11.4 Å². The quantitative estimate of drug-likeness (QED) is 0.453. The molecule has 0 aliphatic rings. The fraction of sp³-hybridized carbons (Fsp3) is 0.174. The number of nitriles is 1. The second-order valence-electron chi connectivity index (χ2n) is 7.06. The third kappa shape index (κ3) is 4.83. The first-order chi connectivity index (χ1) is 14.6. The van der Waals surface area contributed by atoms with Crippen molar-refractivity contribution in [3.05, 3.63) is 82.3 Å². The molecular formula is C23H19F3N4O. The summed E-state index contributed by atoms with van der Waals surface area (Å²) in [6, 6.07) is 11.7. The van der Waals surface area contributed by atoms with Gasteiger partial charge in [0.1, 0.15) is 17.5 Å². The number of carbonyl (C=O) groups is 1. The summed E-state index contributed by atoms with van der Waals surface area (Å²) in [4.78, 5) is 16.9. The molecule has 0 saturated carbocycles. The third-order valence-corrected chi connectivity index (χ3v) is 4.71. The zero-order chi connectivity index (χ0) is 22.8. The molecule has 2 heterocycles. The second kappa shape index (κ2) is 8.48. The molecule has 0 bridgehead atoms. The van der Waals surface area contributed by atoms with E-state index in [4.69, 9.17) is 0 Å². The number of aryl methyl sites for hydroxylation is 2. The number of nitrogens with zero attached hydrogens (tertiary/aromatic N) is 3. The monoisotopic (exact) mass is 424 g/mol. The molecule has 0 spiro atoms. The minimum atomic E-state index is -4.53. The number of nitrogens with one attached hydrogen (secondary N) is 1. The van der Waals surface area contributed by atoms with Gasteiger partial charge in [-0.25, -0.2) is 4.98 Å². The van der Waals surface area contributed by atoms with Gasteiger partial charge < -0.3 is 9.88 Å². The maximum atomic E-state index is 12.9. The summed E-state index contributed by atoms with van der Waals surface area (Å²) in [5.74, 6) is -0.0905. The van der Waals surface area contributed by atoms with Crippen LogP contribution in [0.1, 0.15) is 28.1 Å². The summed E-state index contributed by atoms with van der Waals surface area (Å²) in [5.41, 5.74) is 2.12. The predicted molar refractivity (Wildman–Crippen MR) is 111 cm³/mol. The van der Waals surface area contributed by atoms with Crippen molar-refractivity contribution < 1.29 is 18.0 Å². The van der Waals surface area contributed by atoms with Gasteiger partial charge in [0.15, 0.2) is 0 Å². The summed E-state index contributed by atoms with van der Waals surface area (Å²) in [6.07, 6.45) is -1.38. The fourth-order valence-electron chi connectivity index (χ4n) is 3.15. The number of hydrogen-bond acceptors (Lipinski definition) is 3. The highest BCUT2D eigenvalue weighted by atomic mass is 19.4. The molecule has 0 aliphatic heterocycles. The lowest BCUT2D eigenvalue weighted by atomic mass is 10.1. The minimum Gasteiger partial charge on any atom is -0.321 e. The van der Waals surface area contributed by atoms with Gasteiger partial charge >= 0.3 is 6.18 Å². The van der Waals surface area contributed by atoms with Gasteiger partial charge in [0.05, 0.1) is 5.56 Å². The summed E-state index contributed by atoms with van der Waals surface area (Å²) in [7, 11) is 0. The molecule has 1 aromatic carbocycles. The van der Waals surface area contributed by atoms with Crippen molar-refractivity contribution in [3.63, 3.8) is 0 Å². The first-order valence-electron chi connectivity index (χ1n) is 9.32. The molecule has 1 amide bonds. The van der Waals surface area contributed by atoms with E-state index in [2.05, 4.69) is 10.3 Å². The van der Waals surface area contributed by atoms with Gasteiger partial charge in [0, 0.05) is 23.3 Å². The Balaban J connectivity index is 1.90. The SMILES string of the molecule is Cc1ccc(-n2c(C)cc(/C=C(/C#N)C(=O)Nc3cccc(C(F)(F)F)c3)c2C)nc1. The molecule has 158 valence electrons. The van der Waals surface area contributed by atoms with Crippen LogP contribution >= 0.6 is 0 Å². The van der Waals surface area contributed by atoms with Gasteiger partial charge in [0.25, 0.3) is 5.91 Å². The molecule has 1 N–H and O–H groups in total. The van der Waals surface area contributed by atoms with Crippen molar-refractivity contribution in [2.45, 2.75) is 26.9 Å². The Kier molecular flexibility index (Phi) is 5.97. The van der Waals surface area contributed by atoms with Crippen LogP contribution in [0.2, 0.25) is 0 Å². The number of aromatic nitrogens is 2. The smallest absolute Gasteiger partial charge is 0.321 e. The number of halogens is 3. The summed E-state index contributed by atoms with van der Waals surface area (Å²) >= 11 is 0. The van der Waals surface area contributed by atoms with Gasteiger partial charge in [-0.3, -0.25) is 4.79 Å². The number of anilines is 1. The lowest BCUT2D eigenvalue weighted by Crippen LogP contribution is -2.14. The van der Waals surface area contributed by atoms with Crippen LogP contribution in [0.15, 0.2) is 54.2 Å². The van der Waals surface area contributed by atoms with Crippen molar-refractivity contribution in [3.8, 4) is 11.9 Å². The summed E-state index contributed by atoms with van der Waals surface area (Å²) in [5, 5.41) is 11.8. The number of benzene rings is 1. The number of rotatable bonds is 4. The Bertz CT molecular complexity index is 1200. The molecule has 0 saturated heterocycles. The molecule has 0 fully saturated rings. The van der Waals surface area contributed by atoms with E-state index in [0.717, 1.165) is 29.1 Å². The molecule has 0 atom stereocenters. The summed E-state index contributed by atoms with van der Waals surface area (Å²) < 4.78 is 40.5. The van der Waals surface area contributed by atoms with Crippen LogP contribution < -0.4 is 5.32 Å². The third-order valence-electron chi connectivity index (χ3n) is 4.71. The average Bonchev–Trinajstić information content (AvgIpc) is 2.99. The van der Waals surface area contributed by atoms with Crippen LogP contribution in [0.4, 0.5) is 18.9 Å². The highest BCUT2D eigenvalue weighted by Gasteiger charge is 2.30. The highest BCUT2D eigenvalue weighted by Crippen LogP contribution is 2.31. The van der Waals surface area contributed by atoms with E-state index in [9.17, 15) is 23.2 Å². The molecule has 8 heteroatoms. The van der Waals surface area contributed by atoms with Crippen molar-refractivity contribution in [2.24, 2.45) is 0 Å². The van der Waals surface area contributed by atoms with E-state index >= 15 is 0 Å². The topological polar surface area (TPSA) is 70.7 Å². The standard InChI is InChI=1S/C23H19F3N4O/c1-14-7-8-21(28-13-14)30-15(2)9-17(16(30)3)10-18(12-27)22(31)29-20-6-4-5-19(11-20)23(24,25)26/h4-11,13H,1-3H3,(H,29,31)/b18-10-. The van der Waals surface area contributed by atoms with Crippen LogP contribution in [-0.4, -0.2) is 15.5 Å². The number of amides is 1. The van der Waals surface area contributed by atoms with Crippen LogP contribution in [-0.2, 0) is 11.0 Å². The number of alkyl halides is 3. The predicted octanol–water partition coefficient (Wildman–Crippen LogP) is 5.36. The molecular weight excluding hydrogens is 405 g/mol. The highest BCUT2D eigenvalue weighted by molar-refractivity contribution is 6.09. The van der Waals surface area contributed by atoms with Crippen LogP contribution in [0.3, 0.4) is 0 Å². The van der Waals surface area contributed by atoms with Crippen LogP contribution in [0.5, 0.6) is 0 Å². The van der Waals surface area contributed by atoms with Crippen LogP contribution in [0, 0.1) is 32.1 Å². The normalized spacial score (nSPS) is 11.8. The van der Waals surface area contributed by atoms with Crippen LogP contribution in [0.25, 0.3) is 11.9 Å². The van der Waals surface area contributed by atoms with Gasteiger partial charge in [-0.1, -0.05) is 12.1 Å². The largest absolute Gasteiger partial charge is 0.416 e.